The van der Waals surface area contributed by atoms with Crippen molar-refractivity contribution in [2.24, 2.45) is 4.99 Å². The van der Waals surface area contributed by atoms with Crippen LogP contribution in [0, 0.1) is 0 Å². The zero-order chi connectivity index (χ0) is 20.2. The average Bonchev–Trinajstić information content (AvgIpc) is 2.74. The Morgan fingerprint density at radius 3 is 2.69 bits per heavy atom. The SMILES string of the molecule is O=C1c2ccccc2[C@@H](C=NCCN2CCOCC2)C(=O)N1c1cccc(Cl)c1. The Morgan fingerprint density at radius 1 is 1.10 bits per heavy atom. The van der Waals surface area contributed by atoms with Crippen LogP contribution in [0.5, 0.6) is 0 Å². The van der Waals surface area contributed by atoms with Crippen LogP contribution in [-0.4, -0.2) is 62.3 Å². The van der Waals surface area contributed by atoms with Gasteiger partial charge in [-0.15, -0.1) is 0 Å². The van der Waals surface area contributed by atoms with Crippen LogP contribution in [0.2, 0.25) is 5.02 Å². The van der Waals surface area contributed by atoms with Crippen molar-refractivity contribution in [3.05, 3.63) is 64.7 Å². The number of amides is 2. The number of benzene rings is 2. The van der Waals surface area contributed by atoms with Gasteiger partial charge in [0, 0.05) is 36.4 Å². The lowest BCUT2D eigenvalue weighted by atomic mass is 9.89. The summed E-state index contributed by atoms with van der Waals surface area (Å²) in [6.07, 6.45) is 1.67. The molecule has 1 fully saturated rings. The number of anilines is 1. The molecule has 29 heavy (non-hydrogen) atoms. The van der Waals surface area contributed by atoms with Gasteiger partial charge in [-0.05, 0) is 29.8 Å². The number of morpholine rings is 1. The first-order valence-corrected chi connectivity index (χ1v) is 10.1. The molecule has 0 radical (unpaired) electrons. The van der Waals surface area contributed by atoms with Gasteiger partial charge in [0.2, 0.25) is 5.91 Å². The van der Waals surface area contributed by atoms with Gasteiger partial charge in [0.05, 0.1) is 31.4 Å². The molecule has 2 aliphatic rings. The van der Waals surface area contributed by atoms with Crippen LogP contribution < -0.4 is 4.90 Å². The van der Waals surface area contributed by atoms with Gasteiger partial charge in [0.15, 0.2) is 0 Å². The lowest BCUT2D eigenvalue weighted by Crippen LogP contribution is -2.45. The minimum absolute atomic E-state index is 0.314. The third kappa shape index (κ3) is 4.24. The molecule has 0 spiro atoms. The zero-order valence-electron chi connectivity index (χ0n) is 16.0. The van der Waals surface area contributed by atoms with Crippen molar-refractivity contribution < 1.29 is 14.3 Å². The largest absolute Gasteiger partial charge is 0.379 e. The highest BCUT2D eigenvalue weighted by atomic mass is 35.5. The standard InChI is InChI=1S/C22H22ClN3O3/c23-16-4-3-5-17(14-16)26-21(27)19-7-2-1-6-18(19)20(22(26)28)15-24-8-9-25-10-12-29-13-11-25/h1-7,14-15,20H,8-13H2/t20-/m1/s1. The number of carbonyl (C=O) groups is 2. The summed E-state index contributed by atoms with van der Waals surface area (Å²) in [6.45, 7) is 4.70. The summed E-state index contributed by atoms with van der Waals surface area (Å²) in [5, 5.41) is 0.470. The van der Waals surface area contributed by atoms with Gasteiger partial charge in [0.1, 0.15) is 0 Å². The van der Waals surface area contributed by atoms with Gasteiger partial charge >= 0.3 is 0 Å². The molecule has 0 bridgehead atoms. The number of nitrogens with zero attached hydrogens (tertiary/aromatic N) is 3. The third-order valence-electron chi connectivity index (χ3n) is 5.19. The van der Waals surface area contributed by atoms with Crippen molar-refractivity contribution >= 4 is 35.3 Å². The molecule has 2 aromatic carbocycles. The number of carbonyl (C=O) groups excluding carboxylic acids is 2. The molecule has 1 saturated heterocycles. The summed E-state index contributed by atoms with van der Waals surface area (Å²) in [7, 11) is 0. The number of hydrogen-bond donors (Lipinski definition) is 0. The normalized spacial score (nSPS) is 20.3. The molecule has 4 rings (SSSR count). The number of aliphatic imine (C=N–C) groups is 1. The van der Waals surface area contributed by atoms with E-state index in [0.717, 1.165) is 32.8 Å². The molecule has 150 valence electrons. The van der Waals surface area contributed by atoms with Crippen molar-refractivity contribution in [3.63, 3.8) is 0 Å². The van der Waals surface area contributed by atoms with E-state index < -0.39 is 5.92 Å². The molecular weight excluding hydrogens is 390 g/mol. The van der Waals surface area contributed by atoms with Gasteiger partial charge in [-0.25, -0.2) is 4.90 Å². The van der Waals surface area contributed by atoms with Crippen LogP contribution in [0.4, 0.5) is 5.69 Å². The summed E-state index contributed by atoms with van der Waals surface area (Å²) in [6, 6.07) is 14.0. The fraction of sp³-hybridized carbons (Fsp3) is 0.318. The van der Waals surface area contributed by atoms with Crippen molar-refractivity contribution in [3.8, 4) is 0 Å². The van der Waals surface area contributed by atoms with E-state index in [0.29, 0.717) is 28.4 Å². The van der Waals surface area contributed by atoms with Gasteiger partial charge in [0.25, 0.3) is 5.91 Å². The van der Waals surface area contributed by atoms with E-state index in [4.69, 9.17) is 16.3 Å². The van der Waals surface area contributed by atoms with Gasteiger partial charge < -0.3 is 4.74 Å². The molecule has 7 heteroatoms. The zero-order valence-corrected chi connectivity index (χ0v) is 16.7. The Labute approximate surface area is 174 Å². The minimum atomic E-state index is -0.604. The third-order valence-corrected chi connectivity index (χ3v) is 5.42. The molecule has 0 aromatic heterocycles. The van der Waals surface area contributed by atoms with Gasteiger partial charge in [-0.1, -0.05) is 35.9 Å². The first kappa shape index (κ1) is 19.8. The molecule has 0 saturated carbocycles. The maximum Gasteiger partial charge on any atom is 0.265 e. The lowest BCUT2D eigenvalue weighted by molar-refractivity contribution is -0.118. The number of imide groups is 1. The Hall–Kier alpha value is -2.54. The van der Waals surface area contributed by atoms with E-state index in [1.54, 1.807) is 42.6 Å². The van der Waals surface area contributed by atoms with E-state index in [2.05, 4.69) is 9.89 Å². The molecule has 0 N–H and O–H groups in total. The maximum atomic E-state index is 13.3. The van der Waals surface area contributed by atoms with Crippen LogP contribution in [0.15, 0.2) is 53.5 Å². The number of ether oxygens (including phenoxy) is 1. The predicted octanol–water partition coefficient (Wildman–Crippen LogP) is 3.01. The molecule has 1 atom stereocenters. The van der Waals surface area contributed by atoms with E-state index in [1.807, 2.05) is 12.1 Å². The van der Waals surface area contributed by atoms with Gasteiger partial charge in [-0.3, -0.25) is 19.5 Å². The molecule has 2 heterocycles. The van der Waals surface area contributed by atoms with Crippen LogP contribution in [0.25, 0.3) is 0 Å². The van der Waals surface area contributed by atoms with Crippen LogP contribution in [0.1, 0.15) is 21.8 Å². The Balaban J connectivity index is 1.58. The Bertz CT molecular complexity index is 940. The number of fused-ring (bicyclic) bond motifs is 1. The van der Waals surface area contributed by atoms with Crippen molar-refractivity contribution in [1.82, 2.24) is 4.90 Å². The monoisotopic (exact) mass is 411 g/mol. The predicted molar refractivity (Wildman–Crippen MR) is 113 cm³/mol. The van der Waals surface area contributed by atoms with Crippen LogP contribution >= 0.6 is 11.6 Å². The van der Waals surface area contributed by atoms with Crippen LogP contribution in [-0.2, 0) is 9.53 Å². The second-order valence-corrected chi connectivity index (χ2v) is 7.47. The maximum absolute atomic E-state index is 13.3. The second-order valence-electron chi connectivity index (χ2n) is 7.03. The quantitative estimate of drug-likeness (QED) is 0.560. The van der Waals surface area contributed by atoms with E-state index in [9.17, 15) is 9.59 Å². The minimum Gasteiger partial charge on any atom is -0.379 e. The van der Waals surface area contributed by atoms with E-state index in [1.165, 1.54) is 4.90 Å². The second kappa shape index (κ2) is 8.86. The smallest absolute Gasteiger partial charge is 0.265 e. The lowest BCUT2D eigenvalue weighted by Gasteiger charge is -2.31. The molecule has 6 nitrogen and oxygen atoms in total. The molecule has 0 aliphatic carbocycles. The summed E-state index contributed by atoms with van der Waals surface area (Å²) in [5.41, 5.74) is 1.67. The first-order valence-electron chi connectivity index (χ1n) is 9.68. The van der Waals surface area contributed by atoms with Crippen molar-refractivity contribution in [1.29, 1.82) is 0 Å². The van der Waals surface area contributed by atoms with Crippen molar-refractivity contribution in [2.75, 3.05) is 44.3 Å². The molecule has 2 aliphatic heterocycles. The average molecular weight is 412 g/mol. The van der Waals surface area contributed by atoms with Crippen LogP contribution in [0.3, 0.4) is 0 Å². The summed E-state index contributed by atoms with van der Waals surface area (Å²) >= 11 is 6.08. The summed E-state index contributed by atoms with van der Waals surface area (Å²) < 4.78 is 5.35. The Kier molecular flexibility index (Phi) is 6.04. The highest BCUT2D eigenvalue weighted by Crippen LogP contribution is 2.32. The van der Waals surface area contributed by atoms with Gasteiger partial charge in [-0.2, -0.15) is 0 Å². The molecule has 0 unspecified atom stereocenters. The van der Waals surface area contributed by atoms with E-state index >= 15 is 0 Å². The molecule has 2 amide bonds. The molecule has 2 aromatic rings. The highest BCUT2D eigenvalue weighted by Gasteiger charge is 2.38. The topological polar surface area (TPSA) is 62.2 Å². The Morgan fingerprint density at radius 2 is 1.90 bits per heavy atom. The first-order chi connectivity index (χ1) is 14.1. The fourth-order valence-electron chi connectivity index (χ4n) is 3.66. The number of halogens is 1. The molecular formula is C22H22ClN3O3. The summed E-state index contributed by atoms with van der Waals surface area (Å²) in [4.78, 5) is 34.3. The highest BCUT2D eigenvalue weighted by molar-refractivity contribution is 6.32. The van der Waals surface area contributed by atoms with E-state index in [-0.39, 0.29) is 11.8 Å². The number of hydrogen-bond acceptors (Lipinski definition) is 5. The van der Waals surface area contributed by atoms with Crippen molar-refractivity contribution in [2.45, 2.75) is 5.92 Å². The fourth-order valence-corrected chi connectivity index (χ4v) is 3.85. The number of rotatable bonds is 5. The summed E-state index contributed by atoms with van der Waals surface area (Å²) in [5.74, 6) is -1.26.